The Hall–Kier alpha value is -2.53. The van der Waals surface area contributed by atoms with E-state index in [1.54, 1.807) is 24.3 Å². The number of amides is 2. The summed E-state index contributed by atoms with van der Waals surface area (Å²) in [5, 5.41) is 13.4. The molecule has 5 heteroatoms. The summed E-state index contributed by atoms with van der Waals surface area (Å²) in [6, 6.07) is 15.7. The van der Waals surface area contributed by atoms with Crippen LogP contribution in [0.15, 0.2) is 54.6 Å². The molecule has 2 aromatic carbocycles. The first kappa shape index (κ1) is 16.8. The minimum atomic E-state index is -0.546. The van der Waals surface area contributed by atoms with Crippen LogP contribution in [0.4, 0.5) is 10.5 Å². The summed E-state index contributed by atoms with van der Waals surface area (Å²) in [5.74, 6) is 1.33. The fourth-order valence-corrected chi connectivity index (χ4v) is 2.24. The number of carbonyl (C=O) groups excluding carboxylic acids is 1. The van der Waals surface area contributed by atoms with Crippen LogP contribution >= 0.6 is 0 Å². The Morgan fingerprint density at radius 1 is 1.09 bits per heavy atom. The van der Waals surface area contributed by atoms with Crippen molar-refractivity contribution in [3.05, 3.63) is 54.6 Å². The molecule has 0 heterocycles. The van der Waals surface area contributed by atoms with Crippen molar-refractivity contribution in [1.82, 2.24) is 5.06 Å². The van der Waals surface area contributed by atoms with Crippen molar-refractivity contribution in [3.63, 3.8) is 0 Å². The van der Waals surface area contributed by atoms with E-state index >= 15 is 0 Å². The predicted molar refractivity (Wildman–Crippen MR) is 90.0 cm³/mol. The number of nitrogens with zero attached hydrogens (tertiary/aromatic N) is 1. The molecule has 0 aliphatic heterocycles. The molecule has 122 valence electrons. The van der Waals surface area contributed by atoms with E-state index in [2.05, 4.69) is 5.32 Å². The molecule has 2 amide bonds. The quantitative estimate of drug-likeness (QED) is 0.589. The van der Waals surface area contributed by atoms with E-state index in [4.69, 9.17) is 4.74 Å². The topological polar surface area (TPSA) is 61.8 Å². The molecule has 0 aliphatic rings. The molecule has 0 aromatic heterocycles. The van der Waals surface area contributed by atoms with Crippen molar-refractivity contribution in [1.29, 1.82) is 0 Å². The molecule has 0 bridgehead atoms. The van der Waals surface area contributed by atoms with Crippen molar-refractivity contribution < 1.29 is 14.7 Å². The number of rotatable bonds is 6. The summed E-state index contributed by atoms with van der Waals surface area (Å²) >= 11 is 0. The van der Waals surface area contributed by atoms with Crippen LogP contribution in [0.25, 0.3) is 0 Å². The van der Waals surface area contributed by atoms with E-state index in [1.807, 2.05) is 44.2 Å². The smallest absolute Gasteiger partial charge is 0.345 e. The lowest BCUT2D eigenvalue weighted by molar-refractivity contribution is -0.0747. The van der Waals surface area contributed by atoms with E-state index in [0.29, 0.717) is 24.3 Å². The summed E-state index contributed by atoms with van der Waals surface area (Å²) < 4.78 is 5.72. The van der Waals surface area contributed by atoms with Gasteiger partial charge >= 0.3 is 6.03 Å². The standard InChI is InChI=1S/C18H22N2O3/c1-3-15(4-2)20(22)18(21)19-14-9-8-12-17(13-14)23-16-10-6-5-7-11-16/h5-13,15,22H,3-4H2,1-2H3,(H,19,21). The summed E-state index contributed by atoms with van der Waals surface area (Å²) in [5.41, 5.74) is 0.563. The zero-order chi connectivity index (χ0) is 16.7. The third-order valence-corrected chi connectivity index (χ3v) is 3.56. The zero-order valence-electron chi connectivity index (χ0n) is 13.4. The van der Waals surface area contributed by atoms with Crippen LogP contribution in [0, 0.1) is 0 Å². The summed E-state index contributed by atoms with van der Waals surface area (Å²) in [6.07, 6.45) is 1.38. The fraction of sp³-hybridized carbons (Fsp3) is 0.278. The number of ether oxygens (including phenoxy) is 1. The van der Waals surface area contributed by atoms with Crippen LogP contribution in [0.1, 0.15) is 26.7 Å². The highest BCUT2D eigenvalue weighted by Gasteiger charge is 2.19. The minimum Gasteiger partial charge on any atom is -0.457 e. The first-order valence-corrected chi connectivity index (χ1v) is 7.76. The van der Waals surface area contributed by atoms with Gasteiger partial charge in [-0.15, -0.1) is 0 Å². The van der Waals surface area contributed by atoms with E-state index < -0.39 is 6.03 Å². The van der Waals surface area contributed by atoms with Crippen molar-refractivity contribution in [2.24, 2.45) is 0 Å². The molecular formula is C18H22N2O3. The Morgan fingerprint density at radius 3 is 2.39 bits per heavy atom. The van der Waals surface area contributed by atoms with E-state index in [9.17, 15) is 10.0 Å². The van der Waals surface area contributed by atoms with Crippen molar-refractivity contribution in [2.75, 3.05) is 5.32 Å². The van der Waals surface area contributed by atoms with Gasteiger partial charge in [-0.05, 0) is 37.1 Å². The maximum absolute atomic E-state index is 12.1. The van der Waals surface area contributed by atoms with Gasteiger partial charge in [0, 0.05) is 11.8 Å². The molecule has 0 saturated carbocycles. The fourth-order valence-electron chi connectivity index (χ4n) is 2.24. The number of urea groups is 1. The molecule has 0 saturated heterocycles. The summed E-state index contributed by atoms with van der Waals surface area (Å²) in [4.78, 5) is 12.1. The number of hydrogen-bond donors (Lipinski definition) is 2. The molecule has 0 unspecified atom stereocenters. The second-order valence-corrected chi connectivity index (χ2v) is 5.19. The maximum Gasteiger partial charge on any atom is 0.345 e. The monoisotopic (exact) mass is 314 g/mol. The van der Waals surface area contributed by atoms with E-state index in [-0.39, 0.29) is 6.04 Å². The predicted octanol–water partition coefficient (Wildman–Crippen LogP) is 4.89. The highest BCUT2D eigenvalue weighted by Crippen LogP contribution is 2.24. The van der Waals surface area contributed by atoms with E-state index in [0.717, 1.165) is 10.8 Å². The Kier molecular flexibility index (Phi) is 6.00. The molecule has 0 atom stereocenters. The summed E-state index contributed by atoms with van der Waals surface area (Å²) in [7, 11) is 0. The lowest BCUT2D eigenvalue weighted by atomic mass is 10.2. The minimum absolute atomic E-state index is 0.196. The Bertz CT molecular complexity index is 627. The van der Waals surface area contributed by atoms with Gasteiger partial charge in [0.15, 0.2) is 0 Å². The van der Waals surface area contributed by atoms with E-state index in [1.165, 1.54) is 0 Å². The lowest BCUT2D eigenvalue weighted by Crippen LogP contribution is -2.39. The van der Waals surface area contributed by atoms with Crippen LogP contribution in [-0.2, 0) is 0 Å². The number of carbonyl (C=O) groups is 1. The Labute approximate surface area is 136 Å². The average Bonchev–Trinajstić information content (AvgIpc) is 2.57. The molecule has 0 radical (unpaired) electrons. The van der Waals surface area contributed by atoms with Gasteiger partial charge in [-0.2, -0.15) is 0 Å². The van der Waals surface area contributed by atoms with Crippen molar-refractivity contribution >= 4 is 11.7 Å². The second kappa shape index (κ2) is 8.19. The highest BCUT2D eigenvalue weighted by molar-refractivity contribution is 5.88. The number of benzene rings is 2. The van der Waals surface area contributed by atoms with Crippen LogP contribution in [0.5, 0.6) is 11.5 Å². The van der Waals surface area contributed by atoms with Crippen LogP contribution < -0.4 is 10.1 Å². The maximum atomic E-state index is 12.1. The van der Waals surface area contributed by atoms with Crippen molar-refractivity contribution in [2.45, 2.75) is 32.7 Å². The second-order valence-electron chi connectivity index (χ2n) is 5.19. The van der Waals surface area contributed by atoms with Gasteiger partial charge in [0.05, 0.1) is 6.04 Å². The van der Waals surface area contributed by atoms with Gasteiger partial charge in [0.25, 0.3) is 0 Å². The molecular weight excluding hydrogens is 292 g/mol. The van der Waals surface area contributed by atoms with Gasteiger partial charge in [0.2, 0.25) is 0 Å². The Morgan fingerprint density at radius 2 is 1.74 bits per heavy atom. The largest absolute Gasteiger partial charge is 0.457 e. The van der Waals surface area contributed by atoms with Gasteiger partial charge in [-0.3, -0.25) is 5.21 Å². The average molecular weight is 314 g/mol. The van der Waals surface area contributed by atoms with Crippen LogP contribution in [0.2, 0.25) is 0 Å². The first-order chi connectivity index (χ1) is 11.1. The summed E-state index contributed by atoms with van der Waals surface area (Å²) in [6.45, 7) is 3.86. The van der Waals surface area contributed by atoms with Crippen molar-refractivity contribution in [3.8, 4) is 11.5 Å². The molecule has 0 fully saturated rings. The van der Waals surface area contributed by atoms with Crippen LogP contribution in [-0.4, -0.2) is 22.3 Å². The number of para-hydroxylation sites is 1. The lowest BCUT2D eigenvalue weighted by Gasteiger charge is -2.24. The first-order valence-electron chi connectivity index (χ1n) is 7.76. The SMILES string of the molecule is CCC(CC)N(O)C(=O)Nc1cccc(Oc2ccccc2)c1. The molecule has 5 nitrogen and oxygen atoms in total. The molecule has 2 rings (SSSR count). The number of nitrogens with one attached hydrogen (secondary N) is 1. The molecule has 23 heavy (non-hydrogen) atoms. The molecule has 2 aromatic rings. The van der Waals surface area contributed by atoms with Gasteiger partial charge in [-0.25, -0.2) is 9.86 Å². The normalized spacial score (nSPS) is 10.4. The molecule has 2 N–H and O–H groups in total. The molecule has 0 spiro atoms. The third kappa shape index (κ3) is 4.72. The van der Waals surface area contributed by atoms with Gasteiger partial charge < -0.3 is 10.1 Å². The highest BCUT2D eigenvalue weighted by atomic mass is 16.5. The number of hydroxylamine groups is 2. The third-order valence-electron chi connectivity index (χ3n) is 3.56. The molecule has 0 aliphatic carbocycles. The van der Waals surface area contributed by atoms with Gasteiger partial charge in [0.1, 0.15) is 11.5 Å². The number of anilines is 1. The Balaban J connectivity index is 2.03. The number of hydrogen-bond acceptors (Lipinski definition) is 3. The van der Waals surface area contributed by atoms with Crippen LogP contribution in [0.3, 0.4) is 0 Å². The van der Waals surface area contributed by atoms with Gasteiger partial charge in [-0.1, -0.05) is 38.1 Å². The zero-order valence-corrected chi connectivity index (χ0v) is 13.4.